The van der Waals surface area contributed by atoms with Crippen molar-refractivity contribution >= 4 is 16.9 Å². The van der Waals surface area contributed by atoms with Gasteiger partial charge in [0.25, 0.3) is 5.91 Å². The fourth-order valence-electron chi connectivity index (χ4n) is 2.13. The third-order valence-corrected chi connectivity index (χ3v) is 3.21. The number of furan rings is 1. The molecule has 0 unspecified atom stereocenters. The van der Waals surface area contributed by atoms with Crippen LogP contribution in [0.1, 0.15) is 36.4 Å². The van der Waals surface area contributed by atoms with Crippen molar-refractivity contribution in [2.75, 3.05) is 13.6 Å². The molecule has 0 atom stereocenters. The molecule has 0 N–H and O–H groups in total. The summed E-state index contributed by atoms with van der Waals surface area (Å²) in [5.41, 5.74) is 1.05. The average Bonchev–Trinajstić information content (AvgIpc) is 2.83. The number of amides is 1. The molecule has 102 valence electrons. The molecule has 1 heterocycles. The second kappa shape index (κ2) is 5.43. The highest BCUT2D eigenvalue weighted by molar-refractivity contribution is 5.96. The van der Waals surface area contributed by atoms with E-state index < -0.39 is 0 Å². The van der Waals surface area contributed by atoms with Gasteiger partial charge in [-0.2, -0.15) is 0 Å². The third-order valence-electron chi connectivity index (χ3n) is 3.21. The molecule has 1 amide bonds. The molecule has 2 aromatic rings. The molecule has 0 saturated heterocycles. The maximum absolute atomic E-state index is 14.1. The van der Waals surface area contributed by atoms with Crippen LogP contribution in [0, 0.1) is 5.82 Å². The predicted octanol–water partition coefficient (Wildman–Crippen LogP) is 3.62. The number of hydrogen-bond donors (Lipinski definition) is 0. The number of nitrogens with zero attached hydrogens (tertiary/aromatic N) is 1. The monoisotopic (exact) mass is 263 g/mol. The first-order valence-electron chi connectivity index (χ1n) is 6.54. The third kappa shape index (κ3) is 2.48. The zero-order valence-corrected chi connectivity index (χ0v) is 11.5. The first-order valence-corrected chi connectivity index (χ1v) is 6.54. The lowest BCUT2D eigenvalue weighted by Crippen LogP contribution is -2.26. The Kier molecular flexibility index (Phi) is 3.88. The van der Waals surface area contributed by atoms with Gasteiger partial charge in [-0.3, -0.25) is 4.79 Å². The molecule has 0 bridgehead atoms. The van der Waals surface area contributed by atoms with Crippen LogP contribution in [-0.4, -0.2) is 24.4 Å². The van der Waals surface area contributed by atoms with Gasteiger partial charge in [0, 0.05) is 19.7 Å². The smallest absolute Gasteiger partial charge is 0.289 e. The van der Waals surface area contributed by atoms with Crippen LogP contribution >= 0.6 is 0 Å². The van der Waals surface area contributed by atoms with E-state index in [9.17, 15) is 9.18 Å². The van der Waals surface area contributed by atoms with Gasteiger partial charge < -0.3 is 9.32 Å². The minimum atomic E-state index is -0.291. The summed E-state index contributed by atoms with van der Waals surface area (Å²) in [7, 11) is 1.72. The number of carbonyl (C=O) groups excluding carboxylic acids is 1. The molecule has 0 spiro atoms. The van der Waals surface area contributed by atoms with Crippen LogP contribution in [0.5, 0.6) is 0 Å². The van der Waals surface area contributed by atoms with Crippen molar-refractivity contribution in [2.45, 2.75) is 26.7 Å². The van der Waals surface area contributed by atoms with Gasteiger partial charge in [-0.25, -0.2) is 4.39 Å². The number of hydrogen-bond acceptors (Lipinski definition) is 2. The van der Waals surface area contributed by atoms with Gasteiger partial charge in [-0.15, -0.1) is 0 Å². The Hall–Kier alpha value is -1.84. The van der Waals surface area contributed by atoms with Gasteiger partial charge in [0.05, 0.1) is 5.39 Å². The van der Waals surface area contributed by atoms with Crippen LogP contribution in [0.25, 0.3) is 11.0 Å². The van der Waals surface area contributed by atoms with Gasteiger partial charge in [0.15, 0.2) is 5.76 Å². The van der Waals surface area contributed by atoms with Crippen LogP contribution in [0.2, 0.25) is 0 Å². The summed E-state index contributed by atoms with van der Waals surface area (Å²) in [5.74, 6) is -0.311. The van der Waals surface area contributed by atoms with Crippen molar-refractivity contribution in [3.05, 3.63) is 35.3 Å². The number of rotatable bonds is 4. The molecule has 1 aromatic heterocycles. The quantitative estimate of drug-likeness (QED) is 0.844. The molecule has 3 nitrogen and oxygen atoms in total. The molecule has 0 aliphatic heterocycles. The number of fused-ring (bicyclic) bond motifs is 1. The molecule has 1 aromatic carbocycles. The molecule has 0 aliphatic rings. The Morgan fingerprint density at radius 1 is 1.37 bits per heavy atom. The predicted molar refractivity (Wildman–Crippen MR) is 72.8 cm³/mol. The van der Waals surface area contributed by atoms with Gasteiger partial charge >= 0.3 is 0 Å². The standard InChI is InChI=1S/C15H18FNO2/c1-4-8-17(3)15(18)13-9-11-12(19-13)7-6-10(5-2)14(11)16/h6-7,9H,4-5,8H2,1-3H3. The number of benzene rings is 1. The van der Waals surface area contributed by atoms with Crippen molar-refractivity contribution in [1.82, 2.24) is 4.90 Å². The van der Waals surface area contributed by atoms with Gasteiger partial charge in [0.1, 0.15) is 11.4 Å². The van der Waals surface area contributed by atoms with Crippen molar-refractivity contribution < 1.29 is 13.6 Å². The van der Waals surface area contributed by atoms with Crippen LogP contribution in [0.15, 0.2) is 22.6 Å². The van der Waals surface area contributed by atoms with Crippen molar-refractivity contribution in [3.8, 4) is 0 Å². The lowest BCUT2D eigenvalue weighted by Gasteiger charge is -2.13. The Morgan fingerprint density at radius 3 is 2.74 bits per heavy atom. The Labute approximate surface area is 112 Å². The molecule has 4 heteroatoms. The fourth-order valence-corrected chi connectivity index (χ4v) is 2.13. The van der Waals surface area contributed by atoms with E-state index >= 15 is 0 Å². The number of carbonyl (C=O) groups is 1. The molecule has 19 heavy (non-hydrogen) atoms. The number of aryl methyl sites for hydroxylation is 1. The zero-order valence-electron chi connectivity index (χ0n) is 11.5. The van der Waals surface area contributed by atoms with Crippen LogP contribution < -0.4 is 0 Å². The summed E-state index contributed by atoms with van der Waals surface area (Å²) in [6.45, 7) is 4.54. The molecule has 0 aliphatic carbocycles. The zero-order chi connectivity index (χ0) is 14.0. The van der Waals surface area contributed by atoms with E-state index in [2.05, 4.69) is 0 Å². The maximum Gasteiger partial charge on any atom is 0.289 e. The highest BCUT2D eigenvalue weighted by Gasteiger charge is 2.18. The minimum absolute atomic E-state index is 0.193. The molecule has 0 saturated carbocycles. The Bertz CT molecular complexity index is 603. The molecular weight excluding hydrogens is 245 g/mol. The van der Waals surface area contributed by atoms with E-state index in [1.165, 1.54) is 6.07 Å². The minimum Gasteiger partial charge on any atom is -0.451 e. The summed E-state index contributed by atoms with van der Waals surface area (Å²) < 4.78 is 19.6. The van der Waals surface area contributed by atoms with Gasteiger partial charge in [-0.1, -0.05) is 19.9 Å². The highest BCUT2D eigenvalue weighted by Crippen LogP contribution is 2.25. The lowest BCUT2D eigenvalue weighted by molar-refractivity contribution is 0.0766. The summed E-state index contributed by atoms with van der Waals surface area (Å²) in [6, 6.07) is 4.91. The maximum atomic E-state index is 14.1. The Balaban J connectivity index is 2.42. The van der Waals surface area contributed by atoms with Gasteiger partial charge in [0.2, 0.25) is 0 Å². The molecule has 2 rings (SSSR count). The van der Waals surface area contributed by atoms with Crippen LogP contribution in [-0.2, 0) is 6.42 Å². The second-order valence-electron chi connectivity index (χ2n) is 4.64. The Morgan fingerprint density at radius 2 is 2.11 bits per heavy atom. The normalized spacial score (nSPS) is 10.9. The summed E-state index contributed by atoms with van der Waals surface area (Å²) in [4.78, 5) is 13.7. The second-order valence-corrected chi connectivity index (χ2v) is 4.64. The van der Waals surface area contributed by atoms with Crippen molar-refractivity contribution in [3.63, 3.8) is 0 Å². The largest absolute Gasteiger partial charge is 0.451 e. The summed E-state index contributed by atoms with van der Waals surface area (Å²) >= 11 is 0. The van der Waals surface area contributed by atoms with E-state index in [1.807, 2.05) is 13.8 Å². The van der Waals surface area contributed by atoms with E-state index in [0.717, 1.165) is 6.42 Å². The molecular formula is C15H18FNO2. The molecule has 0 fully saturated rings. The average molecular weight is 263 g/mol. The van der Waals surface area contributed by atoms with Gasteiger partial charge in [-0.05, 0) is 24.5 Å². The molecule has 0 radical (unpaired) electrons. The van der Waals surface area contributed by atoms with E-state index in [4.69, 9.17) is 4.42 Å². The highest BCUT2D eigenvalue weighted by atomic mass is 19.1. The van der Waals surface area contributed by atoms with E-state index in [0.29, 0.717) is 29.5 Å². The summed E-state index contributed by atoms with van der Waals surface area (Å²) in [5, 5.41) is 0.382. The first-order chi connectivity index (χ1) is 9.08. The lowest BCUT2D eigenvalue weighted by atomic mass is 10.1. The summed E-state index contributed by atoms with van der Waals surface area (Å²) in [6.07, 6.45) is 1.49. The number of halogens is 1. The SMILES string of the molecule is CCCN(C)C(=O)c1cc2c(F)c(CC)ccc2o1. The van der Waals surface area contributed by atoms with E-state index in [1.54, 1.807) is 24.1 Å². The van der Waals surface area contributed by atoms with Crippen LogP contribution in [0.3, 0.4) is 0 Å². The van der Waals surface area contributed by atoms with Crippen molar-refractivity contribution in [2.24, 2.45) is 0 Å². The topological polar surface area (TPSA) is 33.5 Å². The van der Waals surface area contributed by atoms with Crippen molar-refractivity contribution in [1.29, 1.82) is 0 Å². The first kappa shape index (κ1) is 13.6. The van der Waals surface area contributed by atoms with E-state index in [-0.39, 0.29) is 17.5 Å². The fraction of sp³-hybridized carbons (Fsp3) is 0.400. The van der Waals surface area contributed by atoms with Crippen LogP contribution in [0.4, 0.5) is 4.39 Å².